The van der Waals surface area contributed by atoms with Crippen molar-refractivity contribution in [2.75, 3.05) is 0 Å². The Morgan fingerprint density at radius 1 is 1.20 bits per heavy atom. The molecule has 15 heavy (non-hydrogen) atoms. The molecule has 1 aromatic rings. The molecule has 2 unspecified atom stereocenters. The van der Waals surface area contributed by atoms with E-state index in [1.54, 1.807) is 0 Å². The van der Waals surface area contributed by atoms with Gasteiger partial charge in [-0.05, 0) is 24.0 Å². The predicted octanol–water partition coefficient (Wildman–Crippen LogP) is 0.989. The number of carbonyl (C=O) groups is 2. The summed E-state index contributed by atoms with van der Waals surface area (Å²) >= 11 is 0. The Hall–Kier alpha value is -1.64. The Morgan fingerprint density at radius 2 is 2.00 bits per heavy atom. The highest BCUT2D eigenvalue weighted by Crippen LogP contribution is 2.37. The molecule has 76 valence electrons. The normalized spacial score (nSPS) is 28.3. The van der Waals surface area contributed by atoms with E-state index < -0.39 is 5.91 Å². The molecule has 1 aliphatic carbocycles. The largest absolute Gasteiger partial charge is 0.342 e. The molecule has 1 heterocycles. The zero-order chi connectivity index (χ0) is 10.4. The third kappa shape index (κ3) is 1.12. The molecule has 3 rings (SSSR count). The number of hydrogen-bond acceptors (Lipinski definition) is 2. The molecule has 2 aliphatic rings. The lowest BCUT2D eigenvalue weighted by Gasteiger charge is -2.26. The summed E-state index contributed by atoms with van der Waals surface area (Å²) in [5, 5.41) is 2.77. The SMILES string of the molecule is O=C1NC2c3ccccc3CCC2C1=O. The van der Waals surface area contributed by atoms with E-state index in [1.807, 2.05) is 18.2 Å². The van der Waals surface area contributed by atoms with E-state index in [0.717, 1.165) is 18.4 Å². The topological polar surface area (TPSA) is 46.2 Å². The summed E-state index contributed by atoms with van der Waals surface area (Å²) in [6.07, 6.45) is 1.69. The predicted molar refractivity (Wildman–Crippen MR) is 54.1 cm³/mol. The van der Waals surface area contributed by atoms with Crippen molar-refractivity contribution in [2.24, 2.45) is 5.92 Å². The molecule has 1 saturated heterocycles. The Morgan fingerprint density at radius 3 is 2.87 bits per heavy atom. The zero-order valence-corrected chi connectivity index (χ0v) is 8.19. The molecule has 2 atom stereocenters. The minimum atomic E-state index is -0.415. The number of carbonyl (C=O) groups excluding carboxylic acids is 2. The van der Waals surface area contributed by atoms with E-state index in [9.17, 15) is 9.59 Å². The summed E-state index contributed by atoms with van der Waals surface area (Å²) in [6, 6.07) is 7.95. The van der Waals surface area contributed by atoms with Gasteiger partial charge >= 0.3 is 0 Å². The molecular weight excluding hydrogens is 190 g/mol. The van der Waals surface area contributed by atoms with E-state index in [2.05, 4.69) is 11.4 Å². The molecule has 0 aromatic heterocycles. The number of nitrogens with one attached hydrogen (secondary N) is 1. The average molecular weight is 201 g/mol. The van der Waals surface area contributed by atoms with Gasteiger partial charge in [-0.1, -0.05) is 24.3 Å². The average Bonchev–Trinajstić information content (AvgIpc) is 2.56. The second-order valence-electron chi connectivity index (χ2n) is 4.16. The number of rotatable bonds is 0. The van der Waals surface area contributed by atoms with Crippen molar-refractivity contribution < 1.29 is 9.59 Å². The van der Waals surface area contributed by atoms with Gasteiger partial charge in [0, 0.05) is 0 Å². The fraction of sp³-hybridized carbons (Fsp3) is 0.333. The Balaban J connectivity index is 2.09. The van der Waals surface area contributed by atoms with Crippen molar-refractivity contribution in [1.82, 2.24) is 5.32 Å². The van der Waals surface area contributed by atoms with E-state index in [0.29, 0.717) is 0 Å². The van der Waals surface area contributed by atoms with Gasteiger partial charge in [-0.3, -0.25) is 9.59 Å². The van der Waals surface area contributed by atoms with Gasteiger partial charge in [0.1, 0.15) is 0 Å². The highest BCUT2D eigenvalue weighted by Gasteiger charge is 2.43. The Bertz CT molecular complexity index is 453. The van der Waals surface area contributed by atoms with E-state index in [4.69, 9.17) is 0 Å². The van der Waals surface area contributed by atoms with Crippen molar-refractivity contribution in [1.29, 1.82) is 0 Å². The zero-order valence-electron chi connectivity index (χ0n) is 8.19. The lowest BCUT2D eigenvalue weighted by Crippen LogP contribution is -2.25. The van der Waals surface area contributed by atoms with Crippen molar-refractivity contribution in [3.63, 3.8) is 0 Å². The van der Waals surface area contributed by atoms with Gasteiger partial charge in [0.15, 0.2) is 0 Å². The fourth-order valence-corrected chi connectivity index (χ4v) is 2.60. The van der Waals surface area contributed by atoms with Gasteiger partial charge < -0.3 is 5.32 Å². The summed E-state index contributed by atoms with van der Waals surface area (Å²) in [7, 11) is 0. The lowest BCUT2D eigenvalue weighted by atomic mass is 9.80. The van der Waals surface area contributed by atoms with Gasteiger partial charge in [0.25, 0.3) is 5.91 Å². The summed E-state index contributed by atoms with van der Waals surface area (Å²) in [5.74, 6) is -0.788. The quantitative estimate of drug-likeness (QED) is 0.636. The number of ketones is 1. The molecule has 1 amide bonds. The lowest BCUT2D eigenvalue weighted by molar-refractivity contribution is -0.136. The molecule has 1 aromatic carbocycles. The van der Waals surface area contributed by atoms with Crippen LogP contribution in [-0.4, -0.2) is 11.7 Å². The van der Waals surface area contributed by atoms with E-state index >= 15 is 0 Å². The van der Waals surface area contributed by atoms with Crippen LogP contribution in [0.3, 0.4) is 0 Å². The van der Waals surface area contributed by atoms with Crippen molar-refractivity contribution in [2.45, 2.75) is 18.9 Å². The van der Waals surface area contributed by atoms with Gasteiger partial charge in [-0.2, -0.15) is 0 Å². The van der Waals surface area contributed by atoms with Crippen LogP contribution in [0.15, 0.2) is 24.3 Å². The minimum absolute atomic E-state index is 0.0741. The summed E-state index contributed by atoms with van der Waals surface area (Å²) in [4.78, 5) is 22.8. The highest BCUT2D eigenvalue weighted by atomic mass is 16.2. The van der Waals surface area contributed by atoms with E-state index in [1.165, 1.54) is 5.56 Å². The molecule has 3 nitrogen and oxygen atoms in total. The van der Waals surface area contributed by atoms with Crippen LogP contribution >= 0.6 is 0 Å². The third-order valence-electron chi connectivity index (χ3n) is 3.36. The van der Waals surface area contributed by atoms with Gasteiger partial charge in [-0.25, -0.2) is 0 Å². The molecular formula is C12H11NO2. The van der Waals surface area contributed by atoms with E-state index in [-0.39, 0.29) is 17.7 Å². The van der Waals surface area contributed by atoms with Crippen LogP contribution in [0.5, 0.6) is 0 Å². The molecule has 1 fully saturated rings. The number of Topliss-reactive ketones (excluding diaryl/α,β-unsaturated/α-hetero) is 1. The Kier molecular flexibility index (Phi) is 1.69. The van der Waals surface area contributed by atoms with Gasteiger partial charge in [0.05, 0.1) is 12.0 Å². The first-order valence-electron chi connectivity index (χ1n) is 5.20. The number of hydrogen-bond donors (Lipinski definition) is 1. The number of benzene rings is 1. The minimum Gasteiger partial charge on any atom is -0.342 e. The molecule has 3 heteroatoms. The van der Waals surface area contributed by atoms with Crippen LogP contribution in [0.2, 0.25) is 0 Å². The standard InChI is InChI=1S/C12H11NO2/c14-11-9-6-5-7-3-1-2-4-8(7)10(9)13-12(11)15/h1-4,9-10H,5-6H2,(H,13,15). The first-order chi connectivity index (χ1) is 7.27. The van der Waals surface area contributed by atoms with Crippen LogP contribution in [-0.2, 0) is 16.0 Å². The van der Waals surface area contributed by atoms with Crippen molar-refractivity contribution >= 4 is 11.7 Å². The second kappa shape index (κ2) is 2.92. The molecule has 1 aliphatic heterocycles. The second-order valence-corrected chi connectivity index (χ2v) is 4.16. The van der Waals surface area contributed by atoms with Crippen LogP contribution in [0.25, 0.3) is 0 Å². The van der Waals surface area contributed by atoms with Gasteiger partial charge in [0.2, 0.25) is 5.78 Å². The third-order valence-corrected chi connectivity index (χ3v) is 3.36. The molecule has 0 bridgehead atoms. The van der Waals surface area contributed by atoms with Crippen molar-refractivity contribution in [3.8, 4) is 0 Å². The van der Waals surface area contributed by atoms with Crippen molar-refractivity contribution in [3.05, 3.63) is 35.4 Å². The first-order valence-corrected chi connectivity index (χ1v) is 5.20. The smallest absolute Gasteiger partial charge is 0.288 e. The summed E-state index contributed by atoms with van der Waals surface area (Å²) in [5.41, 5.74) is 2.38. The fourth-order valence-electron chi connectivity index (χ4n) is 2.60. The maximum absolute atomic E-state index is 11.5. The summed E-state index contributed by atoms with van der Waals surface area (Å²) < 4.78 is 0. The maximum atomic E-state index is 11.5. The van der Waals surface area contributed by atoms with Crippen LogP contribution in [0, 0.1) is 5.92 Å². The van der Waals surface area contributed by atoms with Crippen LogP contribution in [0.4, 0.5) is 0 Å². The number of fused-ring (bicyclic) bond motifs is 3. The molecule has 0 radical (unpaired) electrons. The Labute approximate surface area is 87.5 Å². The summed E-state index contributed by atoms with van der Waals surface area (Å²) in [6.45, 7) is 0. The molecule has 0 saturated carbocycles. The molecule has 1 N–H and O–H groups in total. The molecule has 0 spiro atoms. The van der Waals surface area contributed by atoms with Crippen LogP contribution < -0.4 is 5.32 Å². The number of aryl methyl sites for hydroxylation is 1. The monoisotopic (exact) mass is 201 g/mol. The first kappa shape index (κ1) is 8.65. The highest BCUT2D eigenvalue weighted by molar-refractivity contribution is 6.39. The van der Waals surface area contributed by atoms with Crippen LogP contribution in [0.1, 0.15) is 23.6 Å². The van der Waals surface area contributed by atoms with Gasteiger partial charge in [-0.15, -0.1) is 0 Å². The maximum Gasteiger partial charge on any atom is 0.288 e. The number of amides is 1.